The molecule has 0 saturated carbocycles. The number of dihydropyridines is 1. The highest BCUT2D eigenvalue weighted by molar-refractivity contribution is 5.30. The molecule has 0 radical (unpaired) electrons. The lowest BCUT2D eigenvalue weighted by Gasteiger charge is -2.23. The minimum Gasteiger partial charge on any atom is -0.365 e. The first kappa shape index (κ1) is 8.66. The fraction of sp³-hybridized carbons (Fsp3) is 0.556. The molecule has 1 N–H and O–H groups in total. The molecule has 13 heavy (non-hydrogen) atoms. The van der Waals surface area contributed by atoms with Gasteiger partial charge in [0.15, 0.2) is 0 Å². The van der Waals surface area contributed by atoms with E-state index in [2.05, 4.69) is 5.32 Å². The van der Waals surface area contributed by atoms with E-state index >= 15 is 0 Å². The highest BCUT2D eigenvalue weighted by Crippen LogP contribution is 2.41. The molecule has 1 unspecified atom stereocenters. The fourth-order valence-electron chi connectivity index (χ4n) is 1.94. The number of nitrogens with one attached hydrogen (secondary N) is 1. The Hall–Kier alpha value is -0.930. The lowest BCUT2D eigenvalue weighted by Crippen LogP contribution is -2.27. The monoisotopic (exact) mass is 189 g/mol. The molecule has 0 amide bonds. The second-order valence-corrected chi connectivity index (χ2v) is 3.38. The van der Waals surface area contributed by atoms with Crippen LogP contribution in [0.25, 0.3) is 0 Å². The van der Waals surface area contributed by atoms with Gasteiger partial charge in [0.1, 0.15) is 0 Å². The molecule has 0 spiro atoms. The third-order valence-corrected chi connectivity index (χ3v) is 2.53. The molecule has 0 fully saturated rings. The van der Waals surface area contributed by atoms with Gasteiger partial charge in [0, 0.05) is 5.70 Å². The molecular formula is C9H10F3N. The summed E-state index contributed by atoms with van der Waals surface area (Å²) in [6.07, 6.45) is 0.658. The van der Waals surface area contributed by atoms with Gasteiger partial charge in [-0.05, 0) is 31.0 Å². The van der Waals surface area contributed by atoms with Crippen LogP contribution in [0.4, 0.5) is 13.2 Å². The Balaban J connectivity index is 2.28. The van der Waals surface area contributed by atoms with E-state index < -0.39 is 12.1 Å². The van der Waals surface area contributed by atoms with Crippen LogP contribution in [-0.2, 0) is 0 Å². The molecule has 0 saturated heterocycles. The summed E-state index contributed by atoms with van der Waals surface area (Å²) in [5.74, 6) is -1.34. The van der Waals surface area contributed by atoms with Crippen molar-refractivity contribution in [3.8, 4) is 0 Å². The van der Waals surface area contributed by atoms with Gasteiger partial charge >= 0.3 is 6.18 Å². The zero-order valence-electron chi connectivity index (χ0n) is 6.99. The van der Waals surface area contributed by atoms with E-state index in [1.807, 2.05) is 0 Å². The van der Waals surface area contributed by atoms with Gasteiger partial charge in [-0.1, -0.05) is 6.08 Å². The van der Waals surface area contributed by atoms with Crippen molar-refractivity contribution in [1.29, 1.82) is 0 Å². The third kappa shape index (κ3) is 1.45. The van der Waals surface area contributed by atoms with Crippen LogP contribution >= 0.6 is 0 Å². The zero-order valence-corrected chi connectivity index (χ0v) is 6.99. The van der Waals surface area contributed by atoms with Crippen LogP contribution in [0.15, 0.2) is 23.5 Å². The summed E-state index contributed by atoms with van der Waals surface area (Å²) >= 11 is 0. The van der Waals surface area contributed by atoms with E-state index in [1.165, 1.54) is 12.3 Å². The minimum atomic E-state index is -4.12. The summed E-state index contributed by atoms with van der Waals surface area (Å²) < 4.78 is 37.4. The Morgan fingerprint density at radius 1 is 1.31 bits per heavy atom. The van der Waals surface area contributed by atoms with Gasteiger partial charge in [0.25, 0.3) is 0 Å². The third-order valence-electron chi connectivity index (χ3n) is 2.53. The molecule has 72 valence electrons. The van der Waals surface area contributed by atoms with Crippen LogP contribution in [0.2, 0.25) is 0 Å². The molecule has 1 heterocycles. The summed E-state index contributed by atoms with van der Waals surface area (Å²) in [5, 5.41) is 2.88. The number of rotatable bonds is 0. The number of alkyl halides is 3. The van der Waals surface area contributed by atoms with Crippen LogP contribution in [0.1, 0.15) is 19.3 Å². The second-order valence-electron chi connectivity index (χ2n) is 3.38. The maximum absolute atomic E-state index is 12.5. The molecule has 4 heteroatoms. The summed E-state index contributed by atoms with van der Waals surface area (Å²) in [4.78, 5) is 0. The van der Waals surface area contributed by atoms with Gasteiger partial charge in [-0.15, -0.1) is 0 Å². The van der Waals surface area contributed by atoms with E-state index in [4.69, 9.17) is 0 Å². The summed E-state index contributed by atoms with van der Waals surface area (Å²) in [6.45, 7) is 0. The molecule has 0 aromatic rings. The first-order valence-electron chi connectivity index (χ1n) is 4.31. The molecular weight excluding hydrogens is 179 g/mol. The van der Waals surface area contributed by atoms with Crippen LogP contribution in [0, 0.1) is 5.92 Å². The SMILES string of the molecule is FC(F)(F)C1C=CNC2=C1CCC2. The van der Waals surface area contributed by atoms with Crippen molar-refractivity contribution in [1.82, 2.24) is 5.32 Å². The Morgan fingerprint density at radius 2 is 2.08 bits per heavy atom. The lowest BCUT2D eigenvalue weighted by atomic mass is 9.95. The Morgan fingerprint density at radius 3 is 2.77 bits per heavy atom. The highest BCUT2D eigenvalue weighted by Gasteiger charge is 2.43. The number of allylic oxidation sites excluding steroid dienone is 3. The predicted molar refractivity (Wildman–Crippen MR) is 42.7 cm³/mol. The van der Waals surface area contributed by atoms with Crippen LogP contribution < -0.4 is 5.32 Å². The first-order valence-corrected chi connectivity index (χ1v) is 4.31. The molecule has 1 aliphatic carbocycles. The van der Waals surface area contributed by atoms with Crippen molar-refractivity contribution in [3.05, 3.63) is 23.5 Å². The Bertz CT molecular complexity index is 275. The van der Waals surface area contributed by atoms with Crippen molar-refractivity contribution in [2.75, 3.05) is 0 Å². The normalized spacial score (nSPS) is 27.5. The van der Waals surface area contributed by atoms with Crippen LogP contribution in [-0.4, -0.2) is 6.18 Å². The van der Waals surface area contributed by atoms with E-state index in [0.717, 1.165) is 18.5 Å². The average molecular weight is 189 g/mol. The van der Waals surface area contributed by atoms with Gasteiger partial charge in [-0.2, -0.15) is 13.2 Å². The Kier molecular flexibility index (Phi) is 1.86. The van der Waals surface area contributed by atoms with Gasteiger partial charge < -0.3 is 5.32 Å². The van der Waals surface area contributed by atoms with E-state index in [9.17, 15) is 13.2 Å². The number of hydrogen-bond donors (Lipinski definition) is 1. The van der Waals surface area contributed by atoms with Crippen molar-refractivity contribution < 1.29 is 13.2 Å². The maximum atomic E-state index is 12.5. The summed E-state index contributed by atoms with van der Waals surface area (Å²) in [6, 6.07) is 0. The molecule has 2 aliphatic rings. The minimum absolute atomic E-state index is 0.537. The number of hydrogen-bond acceptors (Lipinski definition) is 1. The molecule has 0 aromatic heterocycles. The molecule has 0 bridgehead atoms. The van der Waals surface area contributed by atoms with Crippen molar-refractivity contribution in [2.24, 2.45) is 5.92 Å². The topological polar surface area (TPSA) is 12.0 Å². The van der Waals surface area contributed by atoms with Crippen molar-refractivity contribution in [2.45, 2.75) is 25.4 Å². The number of halogens is 3. The van der Waals surface area contributed by atoms with E-state index in [1.54, 1.807) is 0 Å². The van der Waals surface area contributed by atoms with Gasteiger partial charge in [-0.3, -0.25) is 0 Å². The van der Waals surface area contributed by atoms with Gasteiger partial charge in [0.2, 0.25) is 0 Å². The van der Waals surface area contributed by atoms with E-state index in [0.29, 0.717) is 12.0 Å². The fourth-order valence-corrected chi connectivity index (χ4v) is 1.94. The molecule has 1 nitrogen and oxygen atoms in total. The van der Waals surface area contributed by atoms with Crippen molar-refractivity contribution in [3.63, 3.8) is 0 Å². The summed E-state index contributed by atoms with van der Waals surface area (Å²) in [5.41, 5.74) is 1.32. The molecule has 1 aliphatic heterocycles. The quantitative estimate of drug-likeness (QED) is 0.617. The molecule has 1 atom stereocenters. The smallest absolute Gasteiger partial charge is 0.365 e. The highest BCUT2D eigenvalue weighted by atomic mass is 19.4. The van der Waals surface area contributed by atoms with Crippen LogP contribution in [0.3, 0.4) is 0 Å². The molecule has 0 aromatic carbocycles. The van der Waals surface area contributed by atoms with Crippen molar-refractivity contribution >= 4 is 0 Å². The molecule has 2 rings (SSSR count). The standard InChI is InChI=1S/C9H10F3N/c10-9(11,12)7-4-5-13-8-3-1-2-6(7)8/h4-5,7,13H,1-3H2. The van der Waals surface area contributed by atoms with Crippen LogP contribution in [0.5, 0.6) is 0 Å². The van der Waals surface area contributed by atoms with Gasteiger partial charge in [0.05, 0.1) is 5.92 Å². The second kappa shape index (κ2) is 2.79. The zero-order chi connectivity index (χ0) is 9.47. The Labute approximate surface area is 74.3 Å². The average Bonchev–Trinajstić information content (AvgIpc) is 2.48. The maximum Gasteiger partial charge on any atom is 0.398 e. The first-order chi connectivity index (χ1) is 6.09. The predicted octanol–water partition coefficient (Wildman–Crippen LogP) is 2.72. The van der Waals surface area contributed by atoms with Gasteiger partial charge in [-0.25, -0.2) is 0 Å². The van der Waals surface area contributed by atoms with E-state index in [-0.39, 0.29) is 0 Å². The summed E-state index contributed by atoms with van der Waals surface area (Å²) in [7, 11) is 0. The lowest BCUT2D eigenvalue weighted by molar-refractivity contribution is -0.152. The largest absolute Gasteiger partial charge is 0.398 e.